The quantitative estimate of drug-likeness (QED) is 0.730. The number of likely N-dealkylation sites (tertiary alicyclic amines) is 1. The van der Waals surface area contributed by atoms with Crippen LogP contribution in [0.4, 0.5) is 17.5 Å². The molecule has 5 rings (SSSR count). The van der Waals surface area contributed by atoms with Gasteiger partial charge < -0.3 is 24.2 Å². The molecule has 9 nitrogen and oxygen atoms in total. The minimum absolute atomic E-state index is 0.553. The van der Waals surface area contributed by atoms with E-state index in [0.29, 0.717) is 25.7 Å². The fourth-order valence-electron chi connectivity index (χ4n) is 4.64. The number of ether oxygens (including phenoxy) is 2. The van der Waals surface area contributed by atoms with Gasteiger partial charge in [-0.05, 0) is 32.9 Å². The first-order valence-corrected chi connectivity index (χ1v) is 11.0. The van der Waals surface area contributed by atoms with Crippen molar-refractivity contribution in [3.05, 3.63) is 18.0 Å². The van der Waals surface area contributed by atoms with Crippen LogP contribution in [0.2, 0.25) is 0 Å². The highest BCUT2D eigenvalue weighted by molar-refractivity contribution is 5.68. The highest BCUT2D eigenvalue weighted by Gasteiger charge is 2.30. The zero-order chi connectivity index (χ0) is 20.5. The van der Waals surface area contributed by atoms with Gasteiger partial charge in [0.15, 0.2) is 0 Å². The fourth-order valence-corrected chi connectivity index (χ4v) is 4.64. The Bertz CT molecular complexity index is 880. The van der Waals surface area contributed by atoms with Gasteiger partial charge in [-0.25, -0.2) is 0 Å². The molecule has 2 saturated heterocycles. The van der Waals surface area contributed by atoms with Crippen molar-refractivity contribution in [2.75, 3.05) is 69.4 Å². The van der Waals surface area contributed by atoms with Crippen LogP contribution in [0.25, 0.3) is 0 Å². The number of hydrogen-bond acceptors (Lipinski definition) is 8. The number of fused-ring (bicyclic) bond motifs is 1. The van der Waals surface area contributed by atoms with Gasteiger partial charge in [0.2, 0.25) is 11.8 Å². The predicted octanol–water partition coefficient (Wildman–Crippen LogP) is 1.46. The summed E-state index contributed by atoms with van der Waals surface area (Å²) >= 11 is 0. The molecule has 0 aliphatic carbocycles. The van der Waals surface area contributed by atoms with Crippen molar-refractivity contribution >= 4 is 17.5 Å². The summed E-state index contributed by atoms with van der Waals surface area (Å²) in [6, 6.07) is 0. The van der Waals surface area contributed by atoms with Crippen molar-refractivity contribution in [2.45, 2.75) is 19.3 Å². The summed E-state index contributed by atoms with van der Waals surface area (Å²) in [6.45, 7) is 6.87. The number of nitrogens with zero attached hydrogens (tertiary/aromatic N) is 7. The van der Waals surface area contributed by atoms with Gasteiger partial charge in [-0.3, -0.25) is 4.68 Å². The van der Waals surface area contributed by atoms with E-state index >= 15 is 0 Å². The lowest BCUT2D eigenvalue weighted by molar-refractivity contribution is 0.121. The first-order chi connectivity index (χ1) is 14.7. The third-order valence-electron chi connectivity index (χ3n) is 6.25. The molecule has 0 saturated carbocycles. The van der Waals surface area contributed by atoms with Crippen LogP contribution in [0.3, 0.4) is 0 Å². The Morgan fingerprint density at radius 1 is 1.13 bits per heavy atom. The third-order valence-corrected chi connectivity index (χ3v) is 6.25. The molecular weight excluding hydrogens is 382 g/mol. The Morgan fingerprint density at radius 2 is 2.00 bits per heavy atom. The van der Waals surface area contributed by atoms with Gasteiger partial charge in [-0.2, -0.15) is 15.1 Å². The highest BCUT2D eigenvalue weighted by atomic mass is 16.5. The SMILES string of the molecule is CN1CCCC(COc2nc(N3CCOCC3)nc3c2CCN3c2cnn(C)c2)C1. The summed E-state index contributed by atoms with van der Waals surface area (Å²) in [5, 5.41) is 4.34. The van der Waals surface area contributed by atoms with Crippen molar-refractivity contribution in [3.8, 4) is 5.88 Å². The maximum Gasteiger partial charge on any atom is 0.230 e. The van der Waals surface area contributed by atoms with Gasteiger partial charge >= 0.3 is 0 Å². The second kappa shape index (κ2) is 8.39. The molecule has 0 amide bonds. The van der Waals surface area contributed by atoms with Crippen LogP contribution >= 0.6 is 0 Å². The monoisotopic (exact) mass is 413 g/mol. The molecule has 30 heavy (non-hydrogen) atoms. The van der Waals surface area contributed by atoms with Crippen LogP contribution in [0.15, 0.2) is 12.4 Å². The molecule has 9 heteroatoms. The first-order valence-electron chi connectivity index (χ1n) is 11.0. The van der Waals surface area contributed by atoms with Crippen LogP contribution in [-0.4, -0.2) is 84.2 Å². The summed E-state index contributed by atoms with van der Waals surface area (Å²) in [5.41, 5.74) is 2.17. The van der Waals surface area contributed by atoms with Crippen LogP contribution in [0.1, 0.15) is 18.4 Å². The lowest BCUT2D eigenvalue weighted by Gasteiger charge is -2.30. The molecule has 3 aliphatic heterocycles. The molecule has 5 heterocycles. The molecule has 3 aliphatic rings. The fraction of sp³-hybridized carbons (Fsp3) is 0.667. The minimum Gasteiger partial charge on any atom is -0.477 e. The van der Waals surface area contributed by atoms with E-state index in [9.17, 15) is 0 Å². The molecule has 1 atom stereocenters. The van der Waals surface area contributed by atoms with E-state index in [4.69, 9.17) is 19.4 Å². The van der Waals surface area contributed by atoms with Gasteiger partial charge in [0.05, 0.1) is 37.3 Å². The second-order valence-corrected chi connectivity index (χ2v) is 8.59. The van der Waals surface area contributed by atoms with Crippen molar-refractivity contribution < 1.29 is 9.47 Å². The van der Waals surface area contributed by atoms with E-state index in [-0.39, 0.29) is 0 Å². The molecule has 0 N–H and O–H groups in total. The van der Waals surface area contributed by atoms with E-state index in [0.717, 1.165) is 61.5 Å². The second-order valence-electron chi connectivity index (χ2n) is 8.59. The van der Waals surface area contributed by atoms with Gasteiger partial charge in [0, 0.05) is 45.3 Å². The molecule has 2 fully saturated rings. The highest BCUT2D eigenvalue weighted by Crippen LogP contribution is 2.38. The predicted molar refractivity (Wildman–Crippen MR) is 115 cm³/mol. The van der Waals surface area contributed by atoms with Crippen molar-refractivity contribution in [1.82, 2.24) is 24.6 Å². The van der Waals surface area contributed by atoms with E-state index in [1.54, 1.807) is 0 Å². The van der Waals surface area contributed by atoms with E-state index in [1.807, 2.05) is 24.1 Å². The Labute approximate surface area is 177 Å². The molecule has 162 valence electrons. The topological polar surface area (TPSA) is 71.8 Å². The molecule has 1 unspecified atom stereocenters. The zero-order valence-corrected chi connectivity index (χ0v) is 18.0. The van der Waals surface area contributed by atoms with Crippen LogP contribution in [-0.2, 0) is 18.2 Å². The number of rotatable bonds is 5. The van der Waals surface area contributed by atoms with Gasteiger partial charge in [-0.1, -0.05) is 0 Å². The standard InChI is InChI=1S/C21H31N7O2/c1-25-6-3-4-16(13-25)15-30-20-18-5-7-28(17-12-22-26(2)14-17)19(18)23-21(24-20)27-8-10-29-11-9-27/h12,14,16H,3-11,13,15H2,1-2H3. The number of hydrogen-bond donors (Lipinski definition) is 0. The van der Waals surface area contributed by atoms with E-state index in [1.165, 1.54) is 19.4 Å². The van der Waals surface area contributed by atoms with Crippen LogP contribution < -0.4 is 14.5 Å². The van der Waals surface area contributed by atoms with E-state index < -0.39 is 0 Å². The number of aromatic nitrogens is 4. The Hall–Kier alpha value is -2.39. The maximum atomic E-state index is 6.37. The Balaban J connectivity index is 1.44. The molecule has 0 radical (unpaired) electrons. The Kier molecular flexibility index (Phi) is 5.47. The van der Waals surface area contributed by atoms with Crippen molar-refractivity contribution in [1.29, 1.82) is 0 Å². The van der Waals surface area contributed by atoms with Crippen molar-refractivity contribution in [3.63, 3.8) is 0 Å². The Morgan fingerprint density at radius 3 is 2.77 bits per heavy atom. The third kappa shape index (κ3) is 3.96. The lowest BCUT2D eigenvalue weighted by Crippen LogP contribution is -2.37. The smallest absolute Gasteiger partial charge is 0.230 e. The summed E-state index contributed by atoms with van der Waals surface area (Å²) in [6.07, 6.45) is 7.26. The van der Waals surface area contributed by atoms with Crippen molar-refractivity contribution in [2.24, 2.45) is 13.0 Å². The molecular formula is C21H31N7O2. The normalized spacial score (nSPS) is 22.4. The largest absolute Gasteiger partial charge is 0.477 e. The van der Waals surface area contributed by atoms with Gasteiger partial charge in [0.25, 0.3) is 0 Å². The van der Waals surface area contributed by atoms with Gasteiger partial charge in [-0.15, -0.1) is 0 Å². The number of piperidine rings is 1. The summed E-state index contributed by atoms with van der Waals surface area (Å²) in [4.78, 5) is 16.7. The summed E-state index contributed by atoms with van der Waals surface area (Å²) in [7, 11) is 4.13. The number of anilines is 3. The van der Waals surface area contributed by atoms with Crippen LogP contribution in [0.5, 0.6) is 5.88 Å². The molecule has 2 aromatic rings. The van der Waals surface area contributed by atoms with Gasteiger partial charge in [0.1, 0.15) is 5.82 Å². The molecule has 2 aromatic heterocycles. The minimum atomic E-state index is 0.553. The molecule has 0 aromatic carbocycles. The van der Waals surface area contributed by atoms with Crippen LogP contribution in [0, 0.1) is 5.92 Å². The summed E-state index contributed by atoms with van der Waals surface area (Å²) in [5.74, 6) is 3.00. The molecule has 0 spiro atoms. The number of morpholine rings is 1. The number of aryl methyl sites for hydroxylation is 1. The van der Waals surface area contributed by atoms with E-state index in [2.05, 4.69) is 26.8 Å². The maximum absolute atomic E-state index is 6.37. The summed E-state index contributed by atoms with van der Waals surface area (Å²) < 4.78 is 13.7. The zero-order valence-electron chi connectivity index (χ0n) is 18.0. The first kappa shape index (κ1) is 19.6. The molecule has 0 bridgehead atoms. The average molecular weight is 414 g/mol. The average Bonchev–Trinajstić information content (AvgIpc) is 3.38. The lowest BCUT2D eigenvalue weighted by atomic mass is 10.00.